The van der Waals surface area contributed by atoms with Gasteiger partial charge in [0.05, 0.1) is 10.6 Å². The van der Waals surface area contributed by atoms with Crippen molar-refractivity contribution in [1.82, 2.24) is 9.88 Å². The molecule has 118 valence electrons. The highest BCUT2D eigenvalue weighted by atomic mass is 32.1. The third kappa shape index (κ3) is 3.09. The molecule has 6 heteroatoms. The Morgan fingerprint density at radius 1 is 1.41 bits per heavy atom. The number of anilines is 1. The zero-order chi connectivity index (χ0) is 15.7. The lowest BCUT2D eigenvalue weighted by Gasteiger charge is -2.23. The monoisotopic (exact) mass is 335 g/mol. The van der Waals surface area contributed by atoms with E-state index in [4.69, 9.17) is 0 Å². The normalized spacial score (nSPS) is 14.9. The second-order valence-corrected chi connectivity index (χ2v) is 7.75. The largest absolute Gasteiger partial charge is 0.298 e. The lowest BCUT2D eigenvalue weighted by atomic mass is 10.2. The number of amides is 1. The molecule has 0 unspecified atom stereocenters. The zero-order valence-electron chi connectivity index (χ0n) is 13.2. The molecule has 0 fully saturated rings. The third-order valence-electron chi connectivity index (χ3n) is 4.04. The van der Waals surface area contributed by atoms with E-state index in [1.54, 1.807) is 22.7 Å². The smallest absolute Gasteiger partial charge is 0.267 e. The van der Waals surface area contributed by atoms with Crippen LogP contribution in [0.2, 0.25) is 0 Å². The molecule has 1 amide bonds. The summed E-state index contributed by atoms with van der Waals surface area (Å²) in [5.41, 5.74) is 2.36. The van der Waals surface area contributed by atoms with Gasteiger partial charge in [-0.25, -0.2) is 4.98 Å². The lowest BCUT2D eigenvalue weighted by molar-refractivity contribution is 0.103. The van der Waals surface area contributed by atoms with E-state index in [9.17, 15) is 4.79 Å². The number of thiazole rings is 1. The number of nitrogens with one attached hydrogen (secondary N) is 1. The predicted octanol–water partition coefficient (Wildman–Crippen LogP) is 3.71. The number of rotatable bonds is 4. The van der Waals surface area contributed by atoms with Crippen LogP contribution in [0.3, 0.4) is 0 Å². The molecule has 2 aromatic heterocycles. The Morgan fingerprint density at radius 3 is 2.91 bits per heavy atom. The summed E-state index contributed by atoms with van der Waals surface area (Å²) in [5.74, 6) is -0.0359. The predicted molar refractivity (Wildman–Crippen MR) is 93.2 cm³/mol. The minimum absolute atomic E-state index is 0.0359. The van der Waals surface area contributed by atoms with E-state index < -0.39 is 0 Å². The summed E-state index contributed by atoms with van der Waals surface area (Å²) in [6, 6.07) is 1.98. The number of hydrogen-bond acceptors (Lipinski definition) is 5. The van der Waals surface area contributed by atoms with Crippen molar-refractivity contribution in [2.45, 2.75) is 40.2 Å². The summed E-state index contributed by atoms with van der Waals surface area (Å²) < 4.78 is 0. The summed E-state index contributed by atoms with van der Waals surface area (Å²) in [7, 11) is 0. The molecule has 4 nitrogen and oxygen atoms in total. The number of nitrogens with zero attached hydrogens (tertiary/aromatic N) is 2. The van der Waals surface area contributed by atoms with Gasteiger partial charge in [-0.15, -0.1) is 22.7 Å². The first-order chi connectivity index (χ1) is 10.6. The van der Waals surface area contributed by atoms with E-state index >= 15 is 0 Å². The van der Waals surface area contributed by atoms with Gasteiger partial charge in [0, 0.05) is 29.3 Å². The molecule has 3 rings (SSSR count). The van der Waals surface area contributed by atoms with Crippen LogP contribution in [0.4, 0.5) is 5.13 Å². The first-order valence-corrected chi connectivity index (χ1v) is 9.35. The van der Waals surface area contributed by atoms with Gasteiger partial charge < -0.3 is 0 Å². The van der Waals surface area contributed by atoms with Crippen molar-refractivity contribution in [2.75, 3.05) is 18.4 Å². The standard InChI is InChI=1S/C16H21N3OS2/c1-4-12-10(3)8-13(21-12)15(20)18-16-17-11-6-7-19(5-2)9-14(11)22-16/h8H,4-7,9H2,1-3H3,(H,17,18,20). The Bertz CT molecular complexity index is 690. The molecule has 0 spiro atoms. The van der Waals surface area contributed by atoms with Gasteiger partial charge in [-0.1, -0.05) is 13.8 Å². The molecular formula is C16H21N3OS2. The molecule has 0 atom stereocenters. The average molecular weight is 335 g/mol. The molecule has 22 heavy (non-hydrogen) atoms. The highest BCUT2D eigenvalue weighted by Gasteiger charge is 2.21. The van der Waals surface area contributed by atoms with Gasteiger partial charge in [0.25, 0.3) is 5.91 Å². The van der Waals surface area contributed by atoms with Crippen molar-refractivity contribution in [1.29, 1.82) is 0 Å². The molecule has 1 N–H and O–H groups in total. The van der Waals surface area contributed by atoms with Gasteiger partial charge in [0.1, 0.15) is 0 Å². The van der Waals surface area contributed by atoms with Crippen LogP contribution in [-0.2, 0) is 19.4 Å². The average Bonchev–Trinajstić information content (AvgIpc) is 3.08. The van der Waals surface area contributed by atoms with Crippen LogP contribution in [-0.4, -0.2) is 28.9 Å². The highest BCUT2D eigenvalue weighted by molar-refractivity contribution is 7.16. The topological polar surface area (TPSA) is 45.2 Å². The van der Waals surface area contributed by atoms with Crippen molar-refractivity contribution in [2.24, 2.45) is 0 Å². The molecule has 0 aliphatic carbocycles. The van der Waals surface area contributed by atoms with Gasteiger partial charge in [-0.05, 0) is 31.5 Å². The summed E-state index contributed by atoms with van der Waals surface area (Å²) in [6.45, 7) is 9.44. The summed E-state index contributed by atoms with van der Waals surface area (Å²) in [5, 5.41) is 3.71. The van der Waals surface area contributed by atoms with Gasteiger partial charge in [-0.3, -0.25) is 15.0 Å². The van der Waals surface area contributed by atoms with Crippen LogP contribution in [0.5, 0.6) is 0 Å². The number of likely N-dealkylation sites (N-methyl/N-ethyl adjacent to an activating group) is 1. The van der Waals surface area contributed by atoms with Crippen molar-refractivity contribution in [3.63, 3.8) is 0 Å². The Kier molecular flexibility index (Phi) is 4.61. The minimum atomic E-state index is -0.0359. The van der Waals surface area contributed by atoms with Crippen molar-refractivity contribution in [3.05, 3.63) is 32.0 Å². The van der Waals surface area contributed by atoms with Crippen LogP contribution in [0.15, 0.2) is 6.07 Å². The minimum Gasteiger partial charge on any atom is -0.298 e. The van der Waals surface area contributed by atoms with E-state index in [0.717, 1.165) is 48.2 Å². The molecule has 1 aliphatic heterocycles. The maximum Gasteiger partial charge on any atom is 0.267 e. The Labute approximate surface area is 139 Å². The first kappa shape index (κ1) is 15.6. The summed E-state index contributed by atoms with van der Waals surface area (Å²) in [6.07, 6.45) is 1.95. The molecule has 0 radical (unpaired) electrons. The van der Waals surface area contributed by atoms with Crippen molar-refractivity contribution >= 4 is 33.7 Å². The molecule has 0 aromatic carbocycles. The number of hydrogen-bond donors (Lipinski definition) is 1. The van der Waals surface area contributed by atoms with Crippen LogP contribution in [0, 0.1) is 6.92 Å². The fourth-order valence-corrected chi connectivity index (χ4v) is 4.77. The van der Waals surface area contributed by atoms with Gasteiger partial charge in [-0.2, -0.15) is 0 Å². The fourth-order valence-electron chi connectivity index (χ4n) is 2.71. The van der Waals surface area contributed by atoms with E-state index in [2.05, 4.69) is 36.0 Å². The summed E-state index contributed by atoms with van der Waals surface area (Å²) >= 11 is 3.20. The molecule has 2 aromatic rings. The van der Waals surface area contributed by atoms with Crippen LogP contribution in [0.1, 0.15) is 44.5 Å². The number of fused-ring (bicyclic) bond motifs is 1. The number of carbonyl (C=O) groups is 1. The van der Waals surface area contributed by atoms with Crippen molar-refractivity contribution in [3.8, 4) is 0 Å². The SMILES string of the molecule is CCc1sc(C(=O)Nc2nc3c(s2)CN(CC)CC3)cc1C. The maximum absolute atomic E-state index is 12.4. The quantitative estimate of drug-likeness (QED) is 0.926. The van der Waals surface area contributed by atoms with Gasteiger partial charge >= 0.3 is 0 Å². The number of aryl methyl sites for hydroxylation is 2. The maximum atomic E-state index is 12.4. The van der Waals surface area contributed by atoms with Crippen LogP contribution < -0.4 is 5.32 Å². The molecule has 0 saturated carbocycles. The van der Waals surface area contributed by atoms with Gasteiger partial charge in [0.2, 0.25) is 0 Å². The van der Waals surface area contributed by atoms with E-state index in [-0.39, 0.29) is 5.91 Å². The highest BCUT2D eigenvalue weighted by Crippen LogP contribution is 2.29. The number of carbonyl (C=O) groups excluding carboxylic acids is 1. The van der Waals surface area contributed by atoms with Crippen molar-refractivity contribution < 1.29 is 4.79 Å². The van der Waals surface area contributed by atoms with E-state index in [0.29, 0.717) is 0 Å². The third-order valence-corrected chi connectivity index (χ3v) is 6.42. The van der Waals surface area contributed by atoms with Crippen LogP contribution in [0.25, 0.3) is 0 Å². The Morgan fingerprint density at radius 2 is 2.23 bits per heavy atom. The molecule has 0 bridgehead atoms. The molecular weight excluding hydrogens is 314 g/mol. The molecule has 0 saturated heterocycles. The van der Waals surface area contributed by atoms with E-state index in [1.807, 2.05) is 6.07 Å². The lowest BCUT2D eigenvalue weighted by Crippen LogP contribution is -2.29. The summed E-state index contributed by atoms with van der Waals surface area (Å²) in [4.78, 5) is 22.7. The number of aromatic nitrogens is 1. The van der Waals surface area contributed by atoms with E-state index in [1.165, 1.54) is 15.3 Å². The zero-order valence-corrected chi connectivity index (χ0v) is 14.9. The number of thiophene rings is 1. The Hall–Kier alpha value is -1.24. The first-order valence-electron chi connectivity index (χ1n) is 7.72. The second-order valence-electron chi connectivity index (χ2n) is 5.53. The molecule has 1 aliphatic rings. The molecule has 3 heterocycles. The van der Waals surface area contributed by atoms with Crippen LogP contribution >= 0.6 is 22.7 Å². The fraction of sp³-hybridized carbons (Fsp3) is 0.500. The second kappa shape index (κ2) is 6.48. The Balaban J connectivity index is 1.73. The van der Waals surface area contributed by atoms with Gasteiger partial charge in [0.15, 0.2) is 5.13 Å².